The molecule has 3 unspecified atom stereocenters. The summed E-state index contributed by atoms with van der Waals surface area (Å²) in [7, 11) is 0. The van der Waals surface area contributed by atoms with E-state index in [0.717, 1.165) is 0 Å². The SMILES string of the molecule is CC(CO)[C@@H]1C[C@H]2C3(C)CC4(O)O[C@H]([C@@H]5[C@@](C)(O)CC[C@@]53O)[C@@]2(O)[C@]14C. The molecule has 5 bridgehead atoms. The van der Waals surface area contributed by atoms with E-state index in [1.807, 2.05) is 20.8 Å². The van der Waals surface area contributed by atoms with Crippen LogP contribution in [0.5, 0.6) is 0 Å². The third-order valence-corrected chi connectivity index (χ3v) is 10.0. The van der Waals surface area contributed by atoms with Crippen molar-refractivity contribution in [1.29, 1.82) is 0 Å². The van der Waals surface area contributed by atoms with Crippen LogP contribution in [0.4, 0.5) is 0 Å². The summed E-state index contributed by atoms with van der Waals surface area (Å²) in [5, 5.41) is 56.5. The molecule has 6 nitrogen and oxygen atoms in total. The third kappa shape index (κ3) is 1.37. The molecule has 5 fully saturated rings. The molecule has 1 aliphatic heterocycles. The van der Waals surface area contributed by atoms with Gasteiger partial charge in [-0.25, -0.2) is 0 Å². The van der Waals surface area contributed by atoms with Gasteiger partial charge in [-0.1, -0.05) is 20.8 Å². The summed E-state index contributed by atoms with van der Waals surface area (Å²) in [5.74, 6) is -2.66. The maximum Gasteiger partial charge on any atom is 0.175 e. The van der Waals surface area contributed by atoms with Crippen LogP contribution in [0.1, 0.15) is 53.4 Å². The highest BCUT2D eigenvalue weighted by molar-refractivity contribution is 5.38. The summed E-state index contributed by atoms with van der Waals surface area (Å²) in [5.41, 5.74) is -5.34. The molecular formula is C20H32O6. The van der Waals surface area contributed by atoms with E-state index in [9.17, 15) is 25.5 Å². The highest BCUT2D eigenvalue weighted by atomic mass is 16.7. The van der Waals surface area contributed by atoms with Crippen molar-refractivity contribution in [2.24, 2.45) is 34.5 Å². The minimum absolute atomic E-state index is 0.0219. The fourth-order valence-electron chi connectivity index (χ4n) is 8.63. The predicted molar refractivity (Wildman–Crippen MR) is 91.7 cm³/mol. The maximum absolute atomic E-state index is 12.1. The summed E-state index contributed by atoms with van der Waals surface area (Å²) >= 11 is 0. The van der Waals surface area contributed by atoms with Gasteiger partial charge in [-0.2, -0.15) is 0 Å². The van der Waals surface area contributed by atoms with E-state index in [4.69, 9.17) is 4.74 Å². The molecule has 5 aliphatic rings. The molecule has 1 heterocycles. The molecule has 5 rings (SSSR count). The molecule has 4 saturated carbocycles. The number of ether oxygens (including phenoxy) is 1. The Labute approximate surface area is 154 Å². The highest BCUT2D eigenvalue weighted by Crippen LogP contribution is 2.83. The molecule has 0 aromatic carbocycles. The Morgan fingerprint density at radius 3 is 2.35 bits per heavy atom. The zero-order valence-corrected chi connectivity index (χ0v) is 16.1. The quantitative estimate of drug-likeness (QED) is 0.482. The van der Waals surface area contributed by atoms with E-state index in [1.165, 1.54) is 0 Å². The second-order valence-electron chi connectivity index (χ2n) is 10.8. The van der Waals surface area contributed by atoms with Crippen LogP contribution in [0.3, 0.4) is 0 Å². The molecule has 148 valence electrons. The molecule has 5 N–H and O–H groups in total. The topological polar surface area (TPSA) is 110 Å². The van der Waals surface area contributed by atoms with Gasteiger partial charge in [-0.3, -0.25) is 0 Å². The van der Waals surface area contributed by atoms with Gasteiger partial charge in [-0.05, 0) is 43.9 Å². The molecular weight excluding hydrogens is 336 g/mol. The Kier molecular flexibility index (Phi) is 2.98. The van der Waals surface area contributed by atoms with Crippen LogP contribution in [0.2, 0.25) is 0 Å². The van der Waals surface area contributed by atoms with Crippen LogP contribution in [0.25, 0.3) is 0 Å². The highest BCUT2D eigenvalue weighted by Gasteiger charge is 2.92. The smallest absolute Gasteiger partial charge is 0.175 e. The minimum Gasteiger partial charge on any atom is -0.396 e. The van der Waals surface area contributed by atoms with Crippen molar-refractivity contribution in [2.75, 3.05) is 6.61 Å². The lowest BCUT2D eigenvalue weighted by atomic mass is 9.41. The van der Waals surface area contributed by atoms with Crippen LogP contribution in [-0.2, 0) is 4.74 Å². The lowest BCUT2D eigenvalue weighted by Crippen LogP contribution is -2.76. The lowest BCUT2D eigenvalue weighted by molar-refractivity contribution is -0.305. The summed E-state index contributed by atoms with van der Waals surface area (Å²) in [6.45, 7) is 7.48. The fourth-order valence-corrected chi connectivity index (χ4v) is 8.63. The first-order chi connectivity index (χ1) is 11.8. The van der Waals surface area contributed by atoms with E-state index in [1.54, 1.807) is 6.92 Å². The van der Waals surface area contributed by atoms with Crippen molar-refractivity contribution in [3.8, 4) is 0 Å². The van der Waals surface area contributed by atoms with Crippen molar-refractivity contribution < 1.29 is 30.3 Å². The van der Waals surface area contributed by atoms with Crippen molar-refractivity contribution in [1.82, 2.24) is 0 Å². The molecule has 6 heteroatoms. The van der Waals surface area contributed by atoms with Gasteiger partial charge in [0, 0.05) is 24.4 Å². The van der Waals surface area contributed by atoms with Crippen LogP contribution < -0.4 is 0 Å². The predicted octanol–water partition coefficient (Wildman–Crippen LogP) is 0.391. The lowest BCUT2D eigenvalue weighted by Gasteiger charge is -2.65. The van der Waals surface area contributed by atoms with Gasteiger partial charge in [0.05, 0.1) is 22.7 Å². The van der Waals surface area contributed by atoms with Gasteiger partial charge < -0.3 is 30.3 Å². The number of hydrogen-bond acceptors (Lipinski definition) is 6. The minimum atomic E-state index is -1.57. The number of aliphatic hydroxyl groups excluding tert-OH is 1. The first-order valence-electron chi connectivity index (χ1n) is 10.0. The molecule has 0 radical (unpaired) electrons. The summed E-state index contributed by atoms with van der Waals surface area (Å²) in [6.07, 6.45) is 0.984. The van der Waals surface area contributed by atoms with Gasteiger partial charge in [-0.15, -0.1) is 0 Å². The van der Waals surface area contributed by atoms with Gasteiger partial charge in [0.2, 0.25) is 0 Å². The Balaban J connectivity index is 1.78. The summed E-state index contributed by atoms with van der Waals surface area (Å²) in [4.78, 5) is 0. The molecule has 4 aliphatic carbocycles. The Morgan fingerprint density at radius 1 is 1.08 bits per heavy atom. The first kappa shape index (κ1) is 17.8. The summed E-state index contributed by atoms with van der Waals surface area (Å²) < 4.78 is 6.21. The number of aliphatic hydroxyl groups is 5. The van der Waals surface area contributed by atoms with Crippen LogP contribution in [-0.4, -0.2) is 60.8 Å². The second-order valence-corrected chi connectivity index (χ2v) is 10.8. The molecule has 11 atom stereocenters. The fraction of sp³-hybridized carbons (Fsp3) is 1.00. The number of fused-ring (bicyclic) bond motifs is 3. The maximum atomic E-state index is 12.1. The average molecular weight is 368 g/mol. The number of rotatable bonds is 2. The molecule has 0 aromatic rings. The van der Waals surface area contributed by atoms with E-state index >= 15 is 0 Å². The van der Waals surface area contributed by atoms with E-state index < -0.39 is 45.4 Å². The van der Waals surface area contributed by atoms with E-state index in [-0.39, 0.29) is 30.8 Å². The standard InChI is InChI=1S/C20H32O6/c1-10(8-21)11-7-12-15(2)9-19(24)17(11,4)20(12,25)14(26-19)13-16(3,22)5-6-18(13,15)23/h10-14,21-25H,5-9H2,1-4H3/t10?,11-,12-,13+,14+,15?,16-,17+,18+,19?,20+/m0/s1. The van der Waals surface area contributed by atoms with Crippen molar-refractivity contribution in [2.45, 2.75) is 82.1 Å². The molecule has 0 spiro atoms. The Bertz CT molecular complexity index is 681. The van der Waals surface area contributed by atoms with Crippen molar-refractivity contribution in [3.05, 3.63) is 0 Å². The number of hydrogen-bond donors (Lipinski definition) is 5. The van der Waals surface area contributed by atoms with Gasteiger partial charge in [0.25, 0.3) is 0 Å². The van der Waals surface area contributed by atoms with Crippen LogP contribution in [0, 0.1) is 34.5 Å². The van der Waals surface area contributed by atoms with Crippen LogP contribution in [0.15, 0.2) is 0 Å². The monoisotopic (exact) mass is 368 g/mol. The van der Waals surface area contributed by atoms with Crippen molar-refractivity contribution >= 4 is 0 Å². The molecule has 0 aromatic heterocycles. The van der Waals surface area contributed by atoms with E-state index in [2.05, 4.69) is 0 Å². The van der Waals surface area contributed by atoms with Gasteiger partial charge in [0.1, 0.15) is 5.60 Å². The van der Waals surface area contributed by atoms with Crippen molar-refractivity contribution in [3.63, 3.8) is 0 Å². The molecule has 0 amide bonds. The zero-order chi connectivity index (χ0) is 19.1. The summed E-state index contributed by atoms with van der Waals surface area (Å²) in [6, 6.07) is 0. The largest absolute Gasteiger partial charge is 0.396 e. The van der Waals surface area contributed by atoms with Crippen LogP contribution >= 0.6 is 0 Å². The molecule has 1 saturated heterocycles. The Hall–Kier alpha value is -0.240. The molecule has 26 heavy (non-hydrogen) atoms. The average Bonchev–Trinajstić information content (AvgIpc) is 2.93. The van der Waals surface area contributed by atoms with Gasteiger partial charge in [0.15, 0.2) is 5.79 Å². The van der Waals surface area contributed by atoms with Gasteiger partial charge >= 0.3 is 0 Å². The first-order valence-corrected chi connectivity index (χ1v) is 10.0. The third-order valence-electron chi connectivity index (χ3n) is 10.0. The zero-order valence-electron chi connectivity index (χ0n) is 16.1. The van der Waals surface area contributed by atoms with E-state index in [0.29, 0.717) is 19.3 Å². The second kappa shape index (κ2) is 4.34. The normalized spacial score (nSPS) is 69.1. The Morgan fingerprint density at radius 2 is 1.73 bits per heavy atom.